The Morgan fingerprint density at radius 2 is 1.68 bits per heavy atom. The zero-order valence-electron chi connectivity index (χ0n) is 17.7. The molecule has 0 radical (unpaired) electrons. The number of nitro benzene ring substituents is 1. The molecule has 4 rings (SSSR count). The van der Waals surface area contributed by atoms with Crippen molar-refractivity contribution in [2.75, 3.05) is 44.2 Å². The standard InChI is InChI=1S/C22H28N4O4S/c1-18-5-4-6-19(15-18)17-23-11-13-24(14-12-23)21-8-7-20(26(27)28)16-22(21)31(29,30)25-9-2-3-10-25/h4-8,15-16H,2-3,9-14,17H2,1H3. The fraction of sp³-hybridized carbons (Fsp3) is 0.455. The minimum atomic E-state index is -3.77. The Hall–Kier alpha value is -2.49. The largest absolute Gasteiger partial charge is 0.368 e. The van der Waals surface area contributed by atoms with Gasteiger partial charge in [0.15, 0.2) is 0 Å². The highest BCUT2D eigenvalue weighted by molar-refractivity contribution is 7.89. The van der Waals surface area contributed by atoms with Crippen molar-refractivity contribution in [1.29, 1.82) is 0 Å². The number of hydrogen-bond donors (Lipinski definition) is 0. The summed E-state index contributed by atoms with van der Waals surface area (Å²) in [5.41, 5.74) is 2.87. The number of nitro groups is 1. The first-order valence-corrected chi connectivity index (χ1v) is 12.1. The van der Waals surface area contributed by atoms with E-state index in [1.807, 2.05) is 4.90 Å². The highest BCUT2D eigenvalue weighted by Crippen LogP contribution is 2.33. The summed E-state index contributed by atoms with van der Waals surface area (Å²) in [4.78, 5) is 15.2. The van der Waals surface area contributed by atoms with Gasteiger partial charge >= 0.3 is 0 Å². The third-order valence-corrected chi connectivity index (χ3v) is 7.97. The van der Waals surface area contributed by atoms with Gasteiger partial charge in [-0.2, -0.15) is 4.31 Å². The Balaban J connectivity index is 1.55. The molecular weight excluding hydrogens is 416 g/mol. The molecule has 0 atom stereocenters. The summed E-state index contributed by atoms with van der Waals surface area (Å²) in [6.45, 7) is 6.82. The van der Waals surface area contributed by atoms with Gasteiger partial charge in [-0.25, -0.2) is 8.42 Å². The topological polar surface area (TPSA) is 87.0 Å². The molecule has 2 aliphatic rings. The minimum Gasteiger partial charge on any atom is -0.368 e. The van der Waals surface area contributed by atoms with Crippen LogP contribution in [0.4, 0.5) is 11.4 Å². The van der Waals surface area contributed by atoms with Crippen LogP contribution in [0.25, 0.3) is 0 Å². The van der Waals surface area contributed by atoms with Gasteiger partial charge in [0.2, 0.25) is 10.0 Å². The minimum absolute atomic E-state index is 0.0516. The number of nitrogens with zero attached hydrogens (tertiary/aromatic N) is 4. The van der Waals surface area contributed by atoms with Crippen LogP contribution < -0.4 is 4.90 Å². The van der Waals surface area contributed by atoms with Crippen molar-refractivity contribution in [3.05, 3.63) is 63.7 Å². The van der Waals surface area contributed by atoms with E-state index in [4.69, 9.17) is 0 Å². The molecule has 2 aromatic carbocycles. The van der Waals surface area contributed by atoms with Gasteiger partial charge in [0.1, 0.15) is 4.90 Å². The molecule has 0 aromatic heterocycles. The van der Waals surface area contributed by atoms with Crippen LogP contribution in [-0.2, 0) is 16.6 Å². The fourth-order valence-electron chi connectivity index (χ4n) is 4.37. The van der Waals surface area contributed by atoms with Gasteiger partial charge in [0.05, 0.1) is 10.6 Å². The lowest BCUT2D eigenvalue weighted by atomic mass is 10.1. The predicted octanol–water partition coefficient (Wildman–Crippen LogP) is 3.01. The van der Waals surface area contributed by atoms with Crippen LogP contribution in [0.1, 0.15) is 24.0 Å². The number of rotatable bonds is 6. The molecule has 2 fully saturated rings. The smallest absolute Gasteiger partial charge is 0.270 e. The van der Waals surface area contributed by atoms with Crippen molar-refractivity contribution < 1.29 is 13.3 Å². The summed E-state index contributed by atoms with van der Waals surface area (Å²) in [7, 11) is -3.77. The van der Waals surface area contributed by atoms with E-state index >= 15 is 0 Å². The average Bonchev–Trinajstić information content (AvgIpc) is 3.30. The number of sulfonamides is 1. The maximum Gasteiger partial charge on any atom is 0.270 e. The van der Waals surface area contributed by atoms with Crippen LogP contribution in [0.2, 0.25) is 0 Å². The molecule has 0 spiro atoms. The van der Waals surface area contributed by atoms with Crippen LogP contribution in [0.5, 0.6) is 0 Å². The first-order chi connectivity index (χ1) is 14.8. The summed E-state index contributed by atoms with van der Waals surface area (Å²) < 4.78 is 28.0. The van der Waals surface area contributed by atoms with Crippen LogP contribution in [0, 0.1) is 17.0 Å². The van der Waals surface area contributed by atoms with Crippen LogP contribution >= 0.6 is 0 Å². The molecule has 2 aromatic rings. The first-order valence-electron chi connectivity index (χ1n) is 10.7. The highest BCUT2D eigenvalue weighted by atomic mass is 32.2. The number of benzene rings is 2. The Morgan fingerprint density at radius 1 is 0.968 bits per heavy atom. The predicted molar refractivity (Wildman–Crippen MR) is 120 cm³/mol. The van der Waals surface area contributed by atoms with E-state index in [0.717, 1.165) is 32.5 Å². The van der Waals surface area contributed by atoms with Gasteiger partial charge in [0.25, 0.3) is 5.69 Å². The zero-order chi connectivity index (χ0) is 22.0. The Morgan fingerprint density at radius 3 is 2.32 bits per heavy atom. The van der Waals surface area contributed by atoms with Gasteiger partial charge in [0, 0.05) is 57.9 Å². The molecule has 0 bridgehead atoms. The molecule has 0 saturated carbocycles. The molecule has 31 heavy (non-hydrogen) atoms. The summed E-state index contributed by atoms with van der Waals surface area (Å²) in [6, 6.07) is 12.7. The summed E-state index contributed by atoms with van der Waals surface area (Å²) in [5.74, 6) is 0. The van der Waals surface area contributed by atoms with E-state index in [9.17, 15) is 18.5 Å². The molecule has 8 nitrogen and oxygen atoms in total. The lowest BCUT2D eigenvalue weighted by Gasteiger charge is -2.37. The SMILES string of the molecule is Cc1cccc(CN2CCN(c3ccc([N+](=O)[O-])cc3S(=O)(=O)N3CCCC3)CC2)c1. The van der Waals surface area contributed by atoms with E-state index in [0.29, 0.717) is 31.9 Å². The number of non-ortho nitro benzene ring substituents is 1. The molecule has 2 aliphatic heterocycles. The van der Waals surface area contributed by atoms with Crippen molar-refractivity contribution in [3.8, 4) is 0 Å². The Kier molecular flexibility index (Phi) is 6.27. The van der Waals surface area contributed by atoms with E-state index < -0.39 is 14.9 Å². The molecule has 2 heterocycles. The normalized spacial score (nSPS) is 18.4. The summed E-state index contributed by atoms with van der Waals surface area (Å²) >= 11 is 0. The number of aryl methyl sites for hydroxylation is 1. The monoisotopic (exact) mass is 444 g/mol. The van der Waals surface area contributed by atoms with E-state index in [-0.39, 0.29) is 10.6 Å². The molecule has 0 unspecified atom stereocenters. The number of piperazine rings is 1. The number of hydrogen-bond acceptors (Lipinski definition) is 6. The van der Waals surface area contributed by atoms with Crippen LogP contribution in [-0.4, -0.2) is 61.8 Å². The third kappa shape index (κ3) is 4.73. The molecule has 166 valence electrons. The molecule has 0 aliphatic carbocycles. The summed E-state index contributed by atoms with van der Waals surface area (Å²) in [6.07, 6.45) is 1.64. The Bertz CT molecular complexity index is 1060. The lowest BCUT2D eigenvalue weighted by molar-refractivity contribution is -0.385. The van der Waals surface area contributed by atoms with Gasteiger partial charge < -0.3 is 4.90 Å². The Labute approximate surface area is 183 Å². The van der Waals surface area contributed by atoms with Gasteiger partial charge in [-0.1, -0.05) is 29.8 Å². The van der Waals surface area contributed by atoms with Gasteiger partial charge in [-0.05, 0) is 31.4 Å². The average molecular weight is 445 g/mol. The maximum atomic E-state index is 13.3. The first kappa shape index (κ1) is 21.7. The molecule has 0 amide bonds. The van der Waals surface area contributed by atoms with Crippen molar-refractivity contribution >= 4 is 21.4 Å². The van der Waals surface area contributed by atoms with Gasteiger partial charge in [-0.15, -0.1) is 0 Å². The van der Waals surface area contributed by atoms with Crippen molar-refractivity contribution in [2.24, 2.45) is 0 Å². The fourth-order valence-corrected chi connectivity index (χ4v) is 6.12. The lowest BCUT2D eigenvalue weighted by Crippen LogP contribution is -2.46. The van der Waals surface area contributed by atoms with E-state index in [1.165, 1.54) is 27.6 Å². The zero-order valence-corrected chi connectivity index (χ0v) is 18.6. The third-order valence-electron chi connectivity index (χ3n) is 6.04. The van der Waals surface area contributed by atoms with Gasteiger partial charge in [-0.3, -0.25) is 15.0 Å². The maximum absolute atomic E-state index is 13.3. The van der Waals surface area contributed by atoms with Crippen molar-refractivity contribution in [3.63, 3.8) is 0 Å². The van der Waals surface area contributed by atoms with Crippen LogP contribution in [0.3, 0.4) is 0 Å². The number of anilines is 1. The van der Waals surface area contributed by atoms with Crippen LogP contribution in [0.15, 0.2) is 47.4 Å². The molecule has 9 heteroatoms. The van der Waals surface area contributed by atoms with E-state index in [2.05, 4.69) is 36.1 Å². The highest BCUT2D eigenvalue weighted by Gasteiger charge is 2.33. The van der Waals surface area contributed by atoms with E-state index in [1.54, 1.807) is 6.07 Å². The van der Waals surface area contributed by atoms with Crippen molar-refractivity contribution in [1.82, 2.24) is 9.21 Å². The molecule has 0 N–H and O–H groups in total. The molecule has 2 saturated heterocycles. The molecular formula is C22H28N4O4S. The second-order valence-electron chi connectivity index (χ2n) is 8.27. The van der Waals surface area contributed by atoms with Crippen molar-refractivity contribution in [2.45, 2.75) is 31.2 Å². The quantitative estimate of drug-likeness (QED) is 0.503. The second-order valence-corrected chi connectivity index (χ2v) is 10.2. The summed E-state index contributed by atoms with van der Waals surface area (Å²) in [5, 5.41) is 11.3. The second kappa shape index (κ2) is 8.94.